The van der Waals surface area contributed by atoms with Gasteiger partial charge in [0.1, 0.15) is 6.04 Å². The lowest BCUT2D eigenvalue weighted by Gasteiger charge is -2.34. The molecule has 8 heteroatoms. The van der Waals surface area contributed by atoms with Crippen LogP contribution in [0.15, 0.2) is 0 Å². The summed E-state index contributed by atoms with van der Waals surface area (Å²) in [5, 5.41) is 23.4. The molecule has 1 aliphatic heterocycles. The van der Waals surface area contributed by atoms with Crippen molar-refractivity contribution in [2.45, 2.75) is 25.3 Å². The number of aliphatic hydroxyl groups is 1. The number of carbonyl (C=O) groups is 2. The van der Waals surface area contributed by atoms with Crippen LogP contribution in [0.25, 0.3) is 0 Å². The van der Waals surface area contributed by atoms with Crippen molar-refractivity contribution in [1.29, 1.82) is 0 Å². The molecule has 0 aromatic heterocycles. The summed E-state index contributed by atoms with van der Waals surface area (Å²) >= 11 is 0. The molecule has 1 aliphatic rings. The van der Waals surface area contributed by atoms with E-state index in [9.17, 15) is 9.59 Å². The maximum absolute atomic E-state index is 12.0. The summed E-state index contributed by atoms with van der Waals surface area (Å²) in [6.45, 7) is 4.29. The van der Waals surface area contributed by atoms with Crippen LogP contribution in [0.2, 0.25) is 0 Å². The zero-order valence-electron chi connectivity index (χ0n) is 13.3. The highest BCUT2D eigenvalue weighted by Gasteiger charge is 2.20. The van der Waals surface area contributed by atoms with Crippen LogP contribution in [0.3, 0.4) is 0 Å². The quantitative estimate of drug-likeness (QED) is 0.413. The first kappa shape index (κ1) is 18.7. The van der Waals surface area contributed by atoms with Gasteiger partial charge in [-0.1, -0.05) is 0 Å². The normalized spacial score (nSPS) is 17.3. The fourth-order valence-electron chi connectivity index (χ4n) is 2.49. The van der Waals surface area contributed by atoms with E-state index in [-0.39, 0.29) is 12.6 Å². The predicted molar refractivity (Wildman–Crippen MR) is 82.8 cm³/mol. The van der Waals surface area contributed by atoms with E-state index in [0.717, 1.165) is 25.9 Å². The molecule has 0 aliphatic carbocycles. The second-order valence-corrected chi connectivity index (χ2v) is 5.46. The molecule has 2 amide bonds. The number of unbranched alkanes of at least 4 members (excludes halogenated alkanes) is 1. The number of piperazine rings is 1. The van der Waals surface area contributed by atoms with Crippen molar-refractivity contribution in [3.63, 3.8) is 0 Å². The van der Waals surface area contributed by atoms with Crippen LogP contribution in [0, 0.1) is 0 Å². The van der Waals surface area contributed by atoms with Crippen LogP contribution in [0.5, 0.6) is 0 Å². The van der Waals surface area contributed by atoms with E-state index >= 15 is 0 Å². The standard InChI is InChI=1S/C14H28N4O4/c1-15-12(13(20)21)4-2-3-5-16-14(22)18-8-6-17(7-9-18)10-11-19/h12,15,19H,2-11H2,1H3,(H,16,22)(H,20,21)/t12-/m0/s1. The second kappa shape index (κ2) is 10.4. The van der Waals surface area contributed by atoms with Crippen LogP contribution in [0.4, 0.5) is 4.79 Å². The summed E-state index contributed by atoms with van der Waals surface area (Å²) in [6, 6.07) is -0.581. The van der Waals surface area contributed by atoms with Crippen molar-refractivity contribution >= 4 is 12.0 Å². The number of β-amino-alcohol motifs (C(OH)–C–C–N with tert-alkyl or cyclic N) is 1. The highest BCUT2D eigenvalue weighted by Crippen LogP contribution is 2.03. The average molecular weight is 316 g/mol. The Bertz CT molecular complexity index is 346. The van der Waals surface area contributed by atoms with Gasteiger partial charge in [-0.15, -0.1) is 0 Å². The zero-order chi connectivity index (χ0) is 16.4. The van der Waals surface area contributed by atoms with Gasteiger partial charge in [0.15, 0.2) is 0 Å². The molecule has 0 saturated carbocycles. The lowest BCUT2D eigenvalue weighted by Crippen LogP contribution is -2.52. The minimum absolute atomic E-state index is 0.0629. The average Bonchev–Trinajstić information content (AvgIpc) is 2.51. The minimum atomic E-state index is -0.840. The van der Waals surface area contributed by atoms with Gasteiger partial charge in [-0.2, -0.15) is 0 Å². The fourth-order valence-corrected chi connectivity index (χ4v) is 2.49. The van der Waals surface area contributed by atoms with Gasteiger partial charge in [0.05, 0.1) is 6.61 Å². The molecule has 22 heavy (non-hydrogen) atoms. The number of likely N-dealkylation sites (N-methyl/N-ethyl adjacent to an activating group) is 1. The van der Waals surface area contributed by atoms with Crippen LogP contribution >= 0.6 is 0 Å². The molecule has 0 aromatic rings. The molecule has 1 fully saturated rings. The summed E-state index contributed by atoms with van der Waals surface area (Å²) in [6.07, 6.45) is 2.07. The Morgan fingerprint density at radius 3 is 2.41 bits per heavy atom. The van der Waals surface area contributed by atoms with E-state index < -0.39 is 12.0 Å². The molecule has 8 nitrogen and oxygen atoms in total. The molecule has 0 spiro atoms. The molecule has 0 unspecified atom stereocenters. The Morgan fingerprint density at radius 1 is 1.18 bits per heavy atom. The molecule has 4 N–H and O–H groups in total. The third-order valence-electron chi connectivity index (χ3n) is 3.92. The highest BCUT2D eigenvalue weighted by atomic mass is 16.4. The number of aliphatic hydroxyl groups excluding tert-OH is 1. The minimum Gasteiger partial charge on any atom is -0.480 e. The smallest absolute Gasteiger partial charge is 0.320 e. The highest BCUT2D eigenvalue weighted by molar-refractivity contribution is 5.74. The number of hydrogen-bond donors (Lipinski definition) is 4. The number of carboxylic acids is 1. The van der Waals surface area contributed by atoms with Crippen molar-refractivity contribution < 1.29 is 19.8 Å². The van der Waals surface area contributed by atoms with Crippen molar-refractivity contribution in [2.75, 3.05) is 52.9 Å². The van der Waals surface area contributed by atoms with E-state index in [1.807, 2.05) is 0 Å². The SMILES string of the molecule is CN[C@@H](CCCCNC(=O)N1CCN(CCO)CC1)C(=O)O. The second-order valence-electron chi connectivity index (χ2n) is 5.46. The summed E-state index contributed by atoms with van der Waals surface area (Å²) in [7, 11) is 1.64. The topological polar surface area (TPSA) is 105 Å². The molecular weight excluding hydrogens is 288 g/mol. The van der Waals surface area contributed by atoms with E-state index in [0.29, 0.717) is 32.6 Å². The van der Waals surface area contributed by atoms with Crippen LogP contribution in [-0.2, 0) is 4.79 Å². The number of urea groups is 1. The number of carbonyl (C=O) groups excluding carboxylic acids is 1. The van der Waals surface area contributed by atoms with Gasteiger partial charge in [-0.3, -0.25) is 9.69 Å². The van der Waals surface area contributed by atoms with E-state index in [2.05, 4.69) is 15.5 Å². The van der Waals surface area contributed by atoms with Crippen molar-refractivity contribution in [3.8, 4) is 0 Å². The third-order valence-corrected chi connectivity index (χ3v) is 3.92. The summed E-state index contributed by atoms with van der Waals surface area (Å²) in [5.41, 5.74) is 0. The number of aliphatic carboxylic acids is 1. The van der Waals surface area contributed by atoms with Crippen molar-refractivity contribution in [1.82, 2.24) is 20.4 Å². The zero-order valence-corrected chi connectivity index (χ0v) is 13.3. The Kier molecular flexibility index (Phi) is 8.79. The molecule has 0 aromatic carbocycles. The molecule has 0 radical (unpaired) electrons. The molecule has 0 bridgehead atoms. The first-order valence-electron chi connectivity index (χ1n) is 7.84. The Hall–Kier alpha value is -1.38. The molecule has 1 saturated heterocycles. The van der Waals surface area contributed by atoms with Gasteiger partial charge in [-0.25, -0.2) is 4.79 Å². The fraction of sp³-hybridized carbons (Fsp3) is 0.857. The number of rotatable bonds is 9. The Balaban J connectivity index is 2.10. The first-order valence-corrected chi connectivity index (χ1v) is 7.84. The third kappa shape index (κ3) is 6.59. The summed E-state index contributed by atoms with van der Waals surface area (Å²) in [5.74, 6) is -0.840. The summed E-state index contributed by atoms with van der Waals surface area (Å²) in [4.78, 5) is 26.7. The van der Waals surface area contributed by atoms with Crippen molar-refractivity contribution in [3.05, 3.63) is 0 Å². The van der Waals surface area contributed by atoms with Crippen LogP contribution < -0.4 is 10.6 Å². The van der Waals surface area contributed by atoms with Crippen LogP contribution in [-0.4, -0.2) is 91.0 Å². The lowest BCUT2D eigenvalue weighted by molar-refractivity contribution is -0.139. The molecule has 1 rings (SSSR count). The maximum Gasteiger partial charge on any atom is 0.320 e. The largest absolute Gasteiger partial charge is 0.480 e. The lowest BCUT2D eigenvalue weighted by atomic mass is 10.1. The first-order chi connectivity index (χ1) is 10.6. The van der Waals surface area contributed by atoms with E-state index in [4.69, 9.17) is 10.2 Å². The van der Waals surface area contributed by atoms with Gasteiger partial charge < -0.3 is 25.7 Å². The van der Waals surface area contributed by atoms with E-state index in [1.54, 1.807) is 11.9 Å². The molecular formula is C14H28N4O4. The van der Waals surface area contributed by atoms with Gasteiger partial charge in [0.25, 0.3) is 0 Å². The van der Waals surface area contributed by atoms with Gasteiger partial charge in [0, 0.05) is 39.3 Å². The maximum atomic E-state index is 12.0. The number of nitrogens with zero attached hydrogens (tertiary/aromatic N) is 2. The van der Waals surface area contributed by atoms with Crippen molar-refractivity contribution in [2.24, 2.45) is 0 Å². The van der Waals surface area contributed by atoms with E-state index in [1.165, 1.54) is 0 Å². The number of amides is 2. The Labute approximate surface area is 131 Å². The number of hydrogen-bond acceptors (Lipinski definition) is 5. The molecule has 128 valence electrons. The predicted octanol–water partition coefficient (Wildman–Crippen LogP) is -0.851. The van der Waals surface area contributed by atoms with Crippen LogP contribution in [0.1, 0.15) is 19.3 Å². The molecule has 1 atom stereocenters. The summed E-state index contributed by atoms with van der Waals surface area (Å²) < 4.78 is 0. The molecule has 1 heterocycles. The number of nitrogens with one attached hydrogen (secondary N) is 2. The Morgan fingerprint density at radius 2 is 1.86 bits per heavy atom. The number of carboxylic acid groups (broad SMARTS) is 1. The van der Waals surface area contributed by atoms with Gasteiger partial charge in [0.2, 0.25) is 0 Å². The van der Waals surface area contributed by atoms with Gasteiger partial charge in [-0.05, 0) is 26.3 Å². The monoisotopic (exact) mass is 316 g/mol. The van der Waals surface area contributed by atoms with Gasteiger partial charge >= 0.3 is 12.0 Å².